The Bertz CT molecular complexity index is 187. The standard InChI is InChI=1S/C6H12O3.C6H12O/c1-3-8-4-5-9-6(2)7;1-5(2)4-6(3)7/h3-5H2,1-2H3;5H,4H2,1-3H3. The molecule has 0 aliphatic carbocycles. The van der Waals surface area contributed by atoms with E-state index in [0.29, 0.717) is 25.7 Å². The van der Waals surface area contributed by atoms with Crippen LogP contribution in [0.25, 0.3) is 0 Å². The average Bonchev–Trinajstić information content (AvgIpc) is 2.11. The van der Waals surface area contributed by atoms with Crippen LogP contribution in [-0.2, 0) is 19.1 Å². The van der Waals surface area contributed by atoms with E-state index in [1.54, 1.807) is 6.92 Å². The Hall–Kier alpha value is -0.900. The topological polar surface area (TPSA) is 52.6 Å². The molecule has 0 aromatic heterocycles. The van der Waals surface area contributed by atoms with E-state index in [0.717, 1.165) is 6.42 Å². The van der Waals surface area contributed by atoms with Crippen LogP contribution in [0.5, 0.6) is 0 Å². The second kappa shape index (κ2) is 12.2. The number of carbonyl (C=O) groups excluding carboxylic acids is 2. The molecule has 0 rings (SSSR count). The summed E-state index contributed by atoms with van der Waals surface area (Å²) in [5.74, 6) is 0.558. The average molecular weight is 232 g/mol. The number of ketones is 1. The Morgan fingerprint density at radius 1 is 1.12 bits per heavy atom. The predicted octanol–water partition coefficient (Wildman–Crippen LogP) is 2.21. The second-order valence-corrected chi connectivity index (χ2v) is 3.84. The highest BCUT2D eigenvalue weighted by Crippen LogP contribution is 1.97. The van der Waals surface area contributed by atoms with E-state index >= 15 is 0 Å². The fourth-order valence-electron chi connectivity index (χ4n) is 0.964. The lowest BCUT2D eigenvalue weighted by Gasteiger charge is -1.99. The summed E-state index contributed by atoms with van der Waals surface area (Å²) in [7, 11) is 0. The first-order valence-electron chi connectivity index (χ1n) is 5.60. The van der Waals surface area contributed by atoms with E-state index in [2.05, 4.69) is 4.74 Å². The highest BCUT2D eigenvalue weighted by Gasteiger charge is 1.95. The van der Waals surface area contributed by atoms with Crippen molar-refractivity contribution in [3.63, 3.8) is 0 Å². The molecule has 0 aromatic carbocycles. The van der Waals surface area contributed by atoms with Crippen LogP contribution in [-0.4, -0.2) is 31.6 Å². The first-order chi connectivity index (χ1) is 7.40. The third-order valence-corrected chi connectivity index (χ3v) is 1.43. The molecule has 0 amide bonds. The van der Waals surface area contributed by atoms with Crippen LogP contribution in [0.3, 0.4) is 0 Å². The van der Waals surface area contributed by atoms with Crippen LogP contribution >= 0.6 is 0 Å². The van der Waals surface area contributed by atoms with Crippen molar-refractivity contribution in [3.8, 4) is 0 Å². The van der Waals surface area contributed by atoms with E-state index < -0.39 is 0 Å². The van der Waals surface area contributed by atoms with Gasteiger partial charge in [-0.15, -0.1) is 0 Å². The zero-order chi connectivity index (χ0) is 13.0. The molecular weight excluding hydrogens is 208 g/mol. The summed E-state index contributed by atoms with van der Waals surface area (Å²) in [5.41, 5.74) is 0. The van der Waals surface area contributed by atoms with Gasteiger partial charge < -0.3 is 14.3 Å². The van der Waals surface area contributed by atoms with Crippen molar-refractivity contribution in [1.29, 1.82) is 0 Å². The zero-order valence-corrected chi connectivity index (χ0v) is 11.0. The van der Waals surface area contributed by atoms with Gasteiger partial charge >= 0.3 is 5.97 Å². The van der Waals surface area contributed by atoms with Crippen LogP contribution in [0.2, 0.25) is 0 Å². The van der Waals surface area contributed by atoms with Crippen LogP contribution in [0.15, 0.2) is 0 Å². The second-order valence-electron chi connectivity index (χ2n) is 3.84. The van der Waals surface area contributed by atoms with E-state index in [9.17, 15) is 9.59 Å². The van der Waals surface area contributed by atoms with Crippen molar-refractivity contribution in [2.45, 2.75) is 41.0 Å². The molecular formula is C12H24O4. The van der Waals surface area contributed by atoms with Crippen LogP contribution in [0.1, 0.15) is 41.0 Å². The molecule has 0 saturated carbocycles. The van der Waals surface area contributed by atoms with Gasteiger partial charge in [0.1, 0.15) is 12.4 Å². The fourth-order valence-corrected chi connectivity index (χ4v) is 0.964. The minimum Gasteiger partial charge on any atom is -0.463 e. The molecule has 0 N–H and O–H groups in total. The Labute approximate surface area is 98.3 Å². The largest absolute Gasteiger partial charge is 0.463 e. The van der Waals surface area contributed by atoms with Gasteiger partial charge in [-0.25, -0.2) is 0 Å². The minimum absolute atomic E-state index is 0.255. The summed E-state index contributed by atoms with van der Waals surface area (Å²) in [5, 5.41) is 0. The number of carbonyl (C=O) groups is 2. The lowest BCUT2D eigenvalue weighted by atomic mass is 10.1. The van der Waals surface area contributed by atoms with Crippen molar-refractivity contribution in [2.75, 3.05) is 19.8 Å². The van der Waals surface area contributed by atoms with Crippen molar-refractivity contribution in [1.82, 2.24) is 0 Å². The number of Topliss-reactive ketones (excluding diaryl/α,β-unsaturated/α-hetero) is 1. The van der Waals surface area contributed by atoms with E-state index in [1.165, 1.54) is 6.92 Å². The number of hydrogen-bond donors (Lipinski definition) is 0. The molecule has 0 unspecified atom stereocenters. The summed E-state index contributed by atoms with van der Waals surface area (Å²) in [6.45, 7) is 10.5. The molecule has 4 nitrogen and oxygen atoms in total. The van der Waals surface area contributed by atoms with Gasteiger partial charge in [-0.05, 0) is 19.8 Å². The number of esters is 1. The van der Waals surface area contributed by atoms with Gasteiger partial charge in [0.2, 0.25) is 0 Å². The molecule has 0 saturated heterocycles. The summed E-state index contributed by atoms with van der Waals surface area (Å²) in [4.78, 5) is 20.4. The summed E-state index contributed by atoms with van der Waals surface area (Å²) in [6, 6.07) is 0. The molecule has 0 aliphatic heterocycles. The molecule has 0 atom stereocenters. The third-order valence-electron chi connectivity index (χ3n) is 1.43. The highest BCUT2D eigenvalue weighted by atomic mass is 16.6. The maximum absolute atomic E-state index is 10.3. The van der Waals surface area contributed by atoms with Gasteiger partial charge in [0.15, 0.2) is 0 Å². The number of rotatable bonds is 6. The highest BCUT2D eigenvalue weighted by molar-refractivity contribution is 5.75. The number of ether oxygens (including phenoxy) is 2. The van der Waals surface area contributed by atoms with E-state index in [1.807, 2.05) is 20.8 Å². The van der Waals surface area contributed by atoms with Gasteiger partial charge in [0.05, 0.1) is 6.61 Å². The molecule has 4 heteroatoms. The SMILES string of the molecule is CC(=O)CC(C)C.CCOCCOC(C)=O. The van der Waals surface area contributed by atoms with Crippen molar-refractivity contribution in [3.05, 3.63) is 0 Å². The normalized spacial score (nSPS) is 9.38. The van der Waals surface area contributed by atoms with Gasteiger partial charge in [0.25, 0.3) is 0 Å². The molecule has 0 aliphatic rings. The summed E-state index contributed by atoms with van der Waals surface area (Å²) >= 11 is 0. The van der Waals surface area contributed by atoms with Crippen LogP contribution in [0, 0.1) is 5.92 Å². The Balaban J connectivity index is 0. The molecule has 96 valence electrons. The number of hydrogen-bond acceptors (Lipinski definition) is 4. The third kappa shape index (κ3) is 23.2. The van der Waals surface area contributed by atoms with Crippen molar-refractivity contribution >= 4 is 11.8 Å². The predicted molar refractivity (Wildman–Crippen MR) is 63.3 cm³/mol. The Morgan fingerprint density at radius 3 is 1.94 bits per heavy atom. The van der Waals surface area contributed by atoms with Crippen molar-refractivity contribution in [2.24, 2.45) is 5.92 Å². The molecule has 0 aromatic rings. The van der Waals surface area contributed by atoms with Crippen LogP contribution < -0.4 is 0 Å². The lowest BCUT2D eigenvalue weighted by Crippen LogP contribution is -2.06. The first-order valence-corrected chi connectivity index (χ1v) is 5.60. The first kappa shape index (κ1) is 17.5. The summed E-state index contributed by atoms with van der Waals surface area (Å²) < 4.78 is 9.49. The maximum atomic E-state index is 10.3. The minimum atomic E-state index is -0.255. The maximum Gasteiger partial charge on any atom is 0.302 e. The Morgan fingerprint density at radius 2 is 1.69 bits per heavy atom. The zero-order valence-electron chi connectivity index (χ0n) is 11.0. The van der Waals surface area contributed by atoms with Gasteiger partial charge in [-0.2, -0.15) is 0 Å². The Kier molecular flexibility index (Phi) is 13.3. The van der Waals surface area contributed by atoms with Gasteiger partial charge in [-0.3, -0.25) is 4.79 Å². The molecule has 16 heavy (non-hydrogen) atoms. The summed E-state index contributed by atoms with van der Waals surface area (Å²) in [6.07, 6.45) is 0.722. The van der Waals surface area contributed by atoms with Gasteiger partial charge in [-0.1, -0.05) is 13.8 Å². The smallest absolute Gasteiger partial charge is 0.302 e. The quantitative estimate of drug-likeness (QED) is 0.520. The fraction of sp³-hybridized carbons (Fsp3) is 0.833. The van der Waals surface area contributed by atoms with E-state index in [4.69, 9.17) is 4.74 Å². The molecule has 0 bridgehead atoms. The van der Waals surface area contributed by atoms with Crippen molar-refractivity contribution < 1.29 is 19.1 Å². The van der Waals surface area contributed by atoms with E-state index in [-0.39, 0.29) is 11.8 Å². The molecule has 0 heterocycles. The molecule has 0 spiro atoms. The molecule has 0 radical (unpaired) electrons. The lowest BCUT2D eigenvalue weighted by molar-refractivity contribution is -0.142. The molecule has 0 fully saturated rings. The van der Waals surface area contributed by atoms with Gasteiger partial charge in [0, 0.05) is 20.0 Å². The van der Waals surface area contributed by atoms with Crippen LogP contribution in [0.4, 0.5) is 0 Å². The monoisotopic (exact) mass is 232 g/mol.